The Bertz CT molecular complexity index is 3420. The number of halogens is 6. The summed E-state index contributed by atoms with van der Waals surface area (Å²) in [5, 5.41) is 13.9. The van der Waals surface area contributed by atoms with Gasteiger partial charge in [0.1, 0.15) is 0 Å². The molecular weight excluding hydrogens is 1090 g/mol. The number of benzene rings is 6. The second kappa shape index (κ2) is 25.8. The van der Waals surface area contributed by atoms with Crippen molar-refractivity contribution in [2.45, 2.75) is 64.0 Å². The Kier molecular flexibility index (Phi) is 18.2. The second-order valence-corrected chi connectivity index (χ2v) is 20.6. The van der Waals surface area contributed by atoms with Crippen LogP contribution in [-0.4, -0.2) is 116 Å². The van der Waals surface area contributed by atoms with Crippen molar-refractivity contribution in [3.63, 3.8) is 0 Å². The molecule has 0 saturated carbocycles. The number of carbonyl (C=O) groups excluding carboxylic acids is 6. The Labute approximate surface area is 479 Å². The number of likely N-dealkylation sites (tertiary alicyclic amines) is 2. The van der Waals surface area contributed by atoms with Crippen LogP contribution in [0.3, 0.4) is 0 Å². The summed E-state index contributed by atoms with van der Waals surface area (Å²) >= 11 is 0. The Morgan fingerprint density at radius 1 is 0.452 bits per heavy atom. The number of aromatic nitrogens is 4. The molecule has 2 aliphatic rings. The number of hydrogen-bond acceptors (Lipinski definition) is 8. The van der Waals surface area contributed by atoms with Gasteiger partial charge in [-0.25, -0.2) is 9.59 Å². The van der Waals surface area contributed by atoms with E-state index in [-0.39, 0.29) is 36.3 Å². The summed E-state index contributed by atoms with van der Waals surface area (Å²) in [4.78, 5) is 81.1. The smallest absolute Gasteiger partial charge is 0.341 e. The number of ketones is 2. The van der Waals surface area contributed by atoms with E-state index in [0.29, 0.717) is 37.6 Å². The third-order valence-corrected chi connectivity index (χ3v) is 14.8. The fraction of sp³-hybridized carbons (Fsp3) is 0.290. The molecular formula is C62H60F6N10O6. The number of alkyl halides is 6. The van der Waals surface area contributed by atoms with Crippen molar-refractivity contribution >= 4 is 68.6 Å². The average molecular weight is 1160 g/mol. The lowest BCUT2D eigenvalue weighted by Crippen LogP contribution is -2.45. The molecule has 6 aromatic carbocycles. The minimum atomic E-state index is -5.06. The number of piperidine rings is 2. The lowest BCUT2D eigenvalue weighted by molar-refractivity contribution is -0.173. The van der Waals surface area contributed by atoms with E-state index in [1.54, 1.807) is 44.7 Å². The minimum absolute atomic E-state index is 0.117. The Morgan fingerprint density at radius 2 is 0.786 bits per heavy atom. The fourth-order valence-corrected chi connectivity index (χ4v) is 10.0. The van der Waals surface area contributed by atoms with Crippen molar-refractivity contribution in [3.05, 3.63) is 168 Å². The van der Waals surface area contributed by atoms with Gasteiger partial charge in [0.05, 0.1) is 49.6 Å². The van der Waals surface area contributed by atoms with Crippen molar-refractivity contribution in [2.75, 3.05) is 49.1 Å². The molecule has 22 heteroatoms. The molecule has 0 radical (unpaired) electrons. The quantitative estimate of drug-likeness (QED) is 0.0799. The second-order valence-electron chi connectivity index (χ2n) is 20.6. The predicted octanol–water partition coefficient (Wildman–Crippen LogP) is 11.4. The van der Waals surface area contributed by atoms with Gasteiger partial charge in [0.25, 0.3) is 0 Å². The number of anilines is 2. The number of Topliss-reactive ketones (excluding diaryl/α,β-unsaturated/α-hetero) is 2. The van der Waals surface area contributed by atoms with Gasteiger partial charge in [-0.05, 0) is 108 Å². The van der Waals surface area contributed by atoms with Gasteiger partial charge < -0.3 is 20.4 Å². The van der Waals surface area contributed by atoms with Crippen LogP contribution in [0, 0.1) is 0 Å². The standard InChI is InChI=1S/2C31H30F3N5O3/c2*1-37-27-17-24(9-10-25(27)18-36-37)22-11-13-26(14-12-22)39(30(42)38-15-3-2-4-16-38)20-21-5-7-23(8-6-21)28(40)19-35-29(41)31(32,33)34/h2*5-14,17-18H,2-4,15-16,19-20H2,1H3,(H,35,41). The molecule has 0 atom stereocenters. The molecule has 2 saturated heterocycles. The molecule has 0 bridgehead atoms. The third-order valence-electron chi connectivity index (χ3n) is 14.8. The first-order valence-electron chi connectivity index (χ1n) is 27.3. The van der Waals surface area contributed by atoms with Gasteiger partial charge in [-0.3, -0.25) is 38.3 Å². The van der Waals surface area contributed by atoms with E-state index >= 15 is 0 Å². The summed E-state index contributed by atoms with van der Waals surface area (Å²) in [7, 11) is 3.79. The van der Waals surface area contributed by atoms with Crippen molar-refractivity contribution < 1.29 is 55.1 Å². The number of carbonyl (C=O) groups is 6. The lowest BCUT2D eigenvalue weighted by Gasteiger charge is -2.33. The zero-order chi connectivity index (χ0) is 59.7. The molecule has 8 aromatic rings. The van der Waals surface area contributed by atoms with Crippen LogP contribution in [0.25, 0.3) is 44.1 Å². The van der Waals surface area contributed by atoms with Crippen LogP contribution in [0.2, 0.25) is 0 Å². The van der Waals surface area contributed by atoms with Gasteiger partial charge >= 0.3 is 36.2 Å². The molecule has 6 amide bonds. The Hall–Kier alpha value is -9.34. The van der Waals surface area contributed by atoms with Crippen molar-refractivity contribution in [2.24, 2.45) is 14.1 Å². The highest BCUT2D eigenvalue weighted by atomic mass is 19.4. The molecule has 4 heterocycles. The maximum atomic E-state index is 13.7. The SMILES string of the molecule is Cn1ncc2ccc(-c3ccc(N(Cc4ccc(C(=O)CNC(=O)C(F)(F)F)cc4)C(=O)N4CCCCC4)cc3)cc21.Cn1ncc2ccc(-c3ccc(N(Cc4ccc(C(=O)CNC(=O)C(F)(F)F)cc4)C(=O)N4CCCCC4)cc3)cc21. The molecule has 436 valence electrons. The summed E-state index contributed by atoms with van der Waals surface area (Å²) < 4.78 is 78.2. The van der Waals surface area contributed by atoms with Crippen molar-refractivity contribution in [3.8, 4) is 22.3 Å². The van der Waals surface area contributed by atoms with Crippen LogP contribution < -0.4 is 20.4 Å². The number of nitrogens with one attached hydrogen (secondary N) is 2. The maximum absolute atomic E-state index is 13.7. The van der Waals surface area contributed by atoms with E-state index in [2.05, 4.69) is 22.3 Å². The third kappa shape index (κ3) is 14.5. The summed E-state index contributed by atoms with van der Waals surface area (Å²) in [6.45, 7) is 1.63. The van der Waals surface area contributed by atoms with Gasteiger partial charge in [0, 0.05) is 73.5 Å². The van der Waals surface area contributed by atoms with Crippen molar-refractivity contribution in [1.29, 1.82) is 0 Å². The highest BCUT2D eigenvalue weighted by Gasteiger charge is 2.39. The fourth-order valence-electron chi connectivity index (χ4n) is 10.0. The van der Waals surface area contributed by atoms with Gasteiger partial charge in [-0.15, -0.1) is 0 Å². The van der Waals surface area contributed by atoms with E-state index in [1.165, 1.54) is 24.3 Å². The van der Waals surface area contributed by atoms with E-state index in [0.717, 1.165) is 93.7 Å². The van der Waals surface area contributed by atoms with E-state index < -0.39 is 48.8 Å². The topological polar surface area (TPSA) is 175 Å². The molecule has 10 rings (SSSR count). The number of fused-ring (bicyclic) bond motifs is 2. The molecule has 2 aromatic heterocycles. The summed E-state index contributed by atoms with van der Waals surface area (Å²) in [6, 6.07) is 40.1. The minimum Gasteiger partial charge on any atom is -0.341 e. The number of hydrogen-bond donors (Lipinski definition) is 2. The molecule has 2 N–H and O–H groups in total. The first-order chi connectivity index (χ1) is 40.2. The first kappa shape index (κ1) is 59.3. The molecule has 0 aliphatic carbocycles. The molecule has 0 spiro atoms. The number of rotatable bonds is 14. The number of amides is 6. The number of urea groups is 2. The summed E-state index contributed by atoms with van der Waals surface area (Å²) in [6.07, 6.45) is -0.544. The lowest BCUT2D eigenvalue weighted by atomic mass is 10.0. The highest BCUT2D eigenvalue weighted by molar-refractivity contribution is 6.01. The zero-order valence-electron chi connectivity index (χ0n) is 46.1. The van der Waals surface area contributed by atoms with Gasteiger partial charge in [-0.1, -0.05) is 97.1 Å². The number of nitrogens with zero attached hydrogens (tertiary/aromatic N) is 8. The Balaban J connectivity index is 0.000000202. The normalized spacial score (nSPS) is 13.7. The highest BCUT2D eigenvalue weighted by Crippen LogP contribution is 2.31. The van der Waals surface area contributed by atoms with Gasteiger partial charge in [0.2, 0.25) is 0 Å². The Morgan fingerprint density at radius 3 is 1.12 bits per heavy atom. The van der Waals surface area contributed by atoms with Crippen LogP contribution in [-0.2, 0) is 36.8 Å². The van der Waals surface area contributed by atoms with Crippen LogP contribution in [0.1, 0.15) is 70.4 Å². The summed E-state index contributed by atoms with van der Waals surface area (Å²) in [5.74, 6) is -5.63. The average Bonchev–Trinajstić information content (AvgIpc) is 3.87. The zero-order valence-corrected chi connectivity index (χ0v) is 46.1. The van der Waals surface area contributed by atoms with Gasteiger partial charge in [-0.2, -0.15) is 36.5 Å². The summed E-state index contributed by atoms with van der Waals surface area (Å²) in [5.41, 5.74) is 9.29. The van der Waals surface area contributed by atoms with Crippen molar-refractivity contribution in [1.82, 2.24) is 40.0 Å². The molecule has 2 fully saturated rings. The van der Waals surface area contributed by atoms with Crippen LogP contribution in [0.5, 0.6) is 0 Å². The molecule has 84 heavy (non-hydrogen) atoms. The van der Waals surface area contributed by atoms with E-state index in [1.807, 2.05) is 118 Å². The molecule has 0 unspecified atom stereocenters. The maximum Gasteiger partial charge on any atom is 0.471 e. The van der Waals surface area contributed by atoms with Crippen LogP contribution >= 0.6 is 0 Å². The molecule has 16 nitrogen and oxygen atoms in total. The largest absolute Gasteiger partial charge is 0.471 e. The predicted molar refractivity (Wildman–Crippen MR) is 306 cm³/mol. The van der Waals surface area contributed by atoms with Crippen LogP contribution in [0.4, 0.5) is 47.3 Å². The van der Waals surface area contributed by atoms with E-state index in [4.69, 9.17) is 0 Å². The molecule has 2 aliphatic heterocycles. The van der Waals surface area contributed by atoms with Gasteiger partial charge in [0.15, 0.2) is 11.6 Å². The van der Waals surface area contributed by atoms with E-state index in [9.17, 15) is 55.1 Å². The first-order valence-corrected chi connectivity index (χ1v) is 27.3. The van der Waals surface area contributed by atoms with Crippen LogP contribution in [0.15, 0.2) is 146 Å². The number of aryl methyl sites for hydroxylation is 2. The monoisotopic (exact) mass is 1150 g/mol.